The molecule has 1 aromatic heterocycles. The Morgan fingerprint density at radius 1 is 0.967 bits per heavy atom. The number of benzene rings is 2. The maximum atomic E-state index is 12.5. The van der Waals surface area contributed by atoms with Crippen LogP contribution in [-0.4, -0.2) is 27.2 Å². The topological polar surface area (TPSA) is 69.9 Å². The molecular formula is C24H27NO5. The smallest absolute Gasteiger partial charge is 0.220 e. The molecule has 0 aliphatic heterocycles. The molecule has 158 valence electrons. The second-order valence-corrected chi connectivity index (χ2v) is 6.88. The van der Waals surface area contributed by atoms with Crippen molar-refractivity contribution in [2.75, 3.05) is 21.3 Å². The van der Waals surface area contributed by atoms with Crippen LogP contribution in [0.5, 0.6) is 17.2 Å². The van der Waals surface area contributed by atoms with Crippen molar-refractivity contribution in [1.29, 1.82) is 0 Å². The number of aryl methyl sites for hydroxylation is 1. The number of carbonyl (C=O) groups excluding carboxylic acids is 1. The average Bonchev–Trinajstić information content (AvgIpc) is 3.26. The minimum Gasteiger partial charge on any atom is -0.493 e. The van der Waals surface area contributed by atoms with Crippen molar-refractivity contribution in [2.45, 2.75) is 25.8 Å². The molecule has 0 bridgehead atoms. The molecule has 0 aliphatic rings. The molecule has 1 amide bonds. The van der Waals surface area contributed by atoms with E-state index in [1.807, 2.05) is 61.5 Å². The van der Waals surface area contributed by atoms with Crippen LogP contribution in [0.1, 0.15) is 30.7 Å². The fourth-order valence-corrected chi connectivity index (χ4v) is 3.25. The van der Waals surface area contributed by atoms with E-state index >= 15 is 0 Å². The van der Waals surface area contributed by atoms with Gasteiger partial charge in [0.15, 0.2) is 11.5 Å². The fourth-order valence-electron chi connectivity index (χ4n) is 3.25. The van der Waals surface area contributed by atoms with Gasteiger partial charge in [-0.15, -0.1) is 0 Å². The van der Waals surface area contributed by atoms with Crippen LogP contribution in [-0.2, 0) is 11.2 Å². The van der Waals surface area contributed by atoms with Gasteiger partial charge in [-0.2, -0.15) is 0 Å². The molecule has 1 N–H and O–H groups in total. The van der Waals surface area contributed by atoms with Crippen LogP contribution in [0.3, 0.4) is 0 Å². The highest BCUT2D eigenvalue weighted by atomic mass is 16.5. The van der Waals surface area contributed by atoms with Gasteiger partial charge in [0, 0.05) is 18.4 Å². The molecule has 0 radical (unpaired) electrons. The van der Waals surface area contributed by atoms with Crippen LogP contribution >= 0.6 is 0 Å². The molecule has 2 aromatic carbocycles. The van der Waals surface area contributed by atoms with E-state index in [0.717, 1.165) is 22.6 Å². The Bertz CT molecular complexity index is 955. The van der Waals surface area contributed by atoms with Gasteiger partial charge in [-0.1, -0.05) is 30.3 Å². The number of amides is 1. The number of hydrogen-bond acceptors (Lipinski definition) is 5. The van der Waals surface area contributed by atoms with E-state index in [0.29, 0.717) is 30.1 Å². The fraction of sp³-hybridized carbons (Fsp3) is 0.292. The summed E-state index contributed by atoms with van der Waals surface area (Å²) in [6.07, 6.45) is 0.858. The standard InChI is InChI=1S/C24H27NO5/c1-16(18-14-21(27-2)24(29-4)22(15-18)28-3)25-23(26)13-11-19-10-12-20(30-19)17-8-6-5-7-9-17/h5-10,12,14-16H,11,13H2,1-4H3,(H,25,26). The van der Waals surface area contributed by atoms with Gasteiger partial charge in [0.2, 0.25) is 11.7 Å². The van der Waals surface area contributed by atoms with E-state index in [9.17, 15) is 4.79 Å². The first kappa shape index (κ1) is 21.3. The molecule has 1 heterocycles. The highest BCUT2D eigenvalue weighted by molar-refractivity contribution is 5.76. The summed E-state index contributed by atoms with van der Waals surface area (Å²) in [5, 5.41) is 3.01. The van der Waals surface area contributed by atoms with Gasteiger partial charge in [-0.3, -0.25) is 4.79 Å². The van der Waals surface area contributed by atoms with E-state index in [4.69, 9.17) is 18.6 Å². The predicted octanol–water partition coefficient (Wildman–Crippen LogP) is 4.78. The summed E-state index contributed by atoms with van der Waals surface area (Å²) in [6, 6.07) is 17.2. The zero-order valence-corrected chi connectivity index (χ0v) is 17.7. The summed E-state index contributed by atoms with van der Waals surface area (Å²) in [4.78, 5) is 12.5. The highest BCUT2D eigenvalue weighted by Gasteiger charge is 2.18. The molecule has 1 unspecified atom stereocenters. The maximum absolute atomic E-state index is 12.5. The Hall–Kier alpha value is -3.41. The van der Waals surface area contributed by atoms with Gasteiger partial charge in [-0.25, -0.2) is 0 Å². The monoisotopic (exact) mass is 409 g/mol. The number of rotatable bonds is 9. The van der Waals surface area contributed by atoms with Crippen LogP contribution < -0.4 is 19.5 Å². The molecule has 6 nitrogen and oxygen atoms in total. The number of nitrogens with one attached hydrogen (secondary N) is 1. The summed E-state index contributed by atoms with van der Waals surface area (Å²) < 4.78 is 22.0. The highest BCUT2D eigenvalue weighted by Crippen LogP contribution is 2.39. The van der Waals surface area contributed by atoms with Crippen molar-refractivity contribution in [3.05, 3.63) is 65.9 Å². The van der Waals surface area contributed by atoms with Crippen molar-refractivity contribution in [3.63, 3.8) is 0 Å². The summed E-state index contributed by atoms with van der Waals surface area (Å²) in [6.45, 7) is 1.92. The number of methoxy groups -OCH3 is 3. The molecule has 3 aromatic rings. The zero-order valence-electron chi connectivity index (χ0n) is 17.7. The van der Waals surface area contributed by atoms with Crippen molar-refractivity contribution >= 4 is 5.91 Å². The third-order valence-electron chi connectivity index (χ3n) is 4.88. The average molecular weight is 409 g/mol. The lowest BCUT2D eigenvalue weighted by molar-refractivity contribution is -0.121. The van der Waals surface area contributed by atoms with Gasteiger partial charge in [0.1, 0.15) is 11.5 Å². The van der Waals surface area contributed by atoms with Crippen molar-refractivity contribution in [2.24, 2.45) is 0 Å². The Morgan fingerprint density at radius 2 is 1.63 bits per heavy atom. The van der Waals surface area contributed by atoms with Crippen molar-refractivity contribution in [1.82, 2.24) is 5.32 Å². The first-order chi connectivity index (χ1) is 14.5. The second kappa shape index (κ2) is 9.87. The lowest BCUT2D eigenvalue weighted by Crippen LogP contribution is -2.26. The summed E-state index contributed by atoms with van der Waals surface area (Å²) in [5.41, 5.74) is 1.88. The van der Waals surface area contributed by atoms with Crippen molar-refractivity contribution in [3.8, 4) is 28.6 Å². The van der Waals surface area contributed by atoms with Gasteiger partial charge in [0.25, 0.3) is 0 Å². The quantitative estimate of drug-likeness (QED) is 0.551. The van der Waals surface area contributed by atoms with Crippen LogP contribution in [0.25, 0.3) is 11.3 Å². The van der Waals surface area contributed by atoms with E-state index in [1.54, 1.807) is 21.3 Å². The number of carbonyl (C=O) groups is 1. The van der Waals surface area contributed by atoms with Crippen LogP contribution in [0.4, 0.5) is 0 Å². The predicted molar refractivity (Wildman–Crippen MR) is 115 cm³/mol. The Labute approximate surface area is 176 Å². The Balaban J connectivity index is 1.61. The van der Waals surface area contributed by atoms with Gasteiger partial charge < -0.3 is 23.9 Å². The van der Waals surface area contributed by atoms with Gasteiger partial charge in [-0.05, 0) is 36.8 Å². The SMILES string of the molecule is COc1cc(C(C)NC(=O)CCc2ccc(-c3ccccc3)o2)cc(OC)c1OC. The molecule has 3 rings (SSSR count). The molecule has 1 atom stereocenters. The van der Waals surface area contributed by atoms with Crippen LogP contribution in [0.2, 0.25) is 0 Å². The van der Waals surface area contributed by atoms with Gasteiger partial charge in [0.05, 0.1) is 27.4 Å². The third-order valence-corrected chi connectivity index (χ3v) is 4.88. The lowest BCUT2D eigenvalue weighted by atomic mass is 10.1. The Kier molecular flexibility index (Phi) is 7.01. The summed E-state index contributed by atoms with van der Waals surface area (Å²) in [5.74, 6) is 3.15. The minimum atomic E-state index is -0.220. The lowest BCUT2D eigenvalue weighted by Gasteiger charge is -2.18. The normalized spacial score (nSPS) is 11.6. The third kappa shape index (κ3) is 4.95. The summed E-state index contributed by atoms with van der Waals surface area (Å²) in [7, 11) is 4.69. The molecule has 30 heavy (non-hydrogen) atoms. The van der Waals surface area contributed by atoms with Crippen LogP contribution in [0, 0.1) is 0 Å². The maximum Gasteiger partial charge on any atom is 0.220 e. The minimum absolute atomic E-state index is 0.0612. The molecule has 0 saturated heterocycles. The molecular weight excluding hydrogens is 382 g/mol. The van der Waals surface area contributed by atoms with E-state index in [1.165, 1.54) is 0 Å². The molecule has 6 heteroatoms. The van der Waals surface area contributed by atoms with E-state index < -0.39 is 0 Å². The van der Waals surface area contributed by atoms with Gasteiger partial charge >= 0.3 is 0 Å². The molecule has 0 saturated carbocycles. The Morgan fingerprint density at radius 3 is 2.23 bits per heavy atom. The zero-order chi connectivity index (χ0) is 21.5. The number of furan rings is 1. The second-order valence-electron chi connectivity index (χ2n) is 6.88. The first-order valence-electron chi connectivity index (χ1n) is 9.79. The van der Waals surface area contributed by atoms with Crippen molar-refractivity contribution < 1.29 is 23.4 Å². The molecule has 0 aliphatic carbocycles. The van der Waals surface area contributed by atoms with E-state index in [-0.39, 0.29) is 11.9 Å². The molecule has 0 fully saturated rings. The van der Waals surface area contributed by atoms with Crippen LogP contribution in [0.15, 0.2) is 59.0 Å². The molecule has 0 spiro atoms. The summed E-state index contributed by atoms with van der Waals surface area (Å²) >= 11 is 0. The number of hydrogen-bond donors (Lipinski definition) is 1. The largest absolute Gasteiger partial charge is 0.493 e. The first-order valence-corrected chi connectivity index (χ1v) is 9.79. The number of ether oxygens (including phenoxy) is 3. The van der Waals surface area contributed by atoms with E-state index in [2.05, 4.69) is 5.32 Å².